The molecular weight excluding hydrogens is 637 g/mol. The van der Waals surface area contributed by atoms with Gasteiger partial charge in [0.25, 0.3) is 0 Å². The Hall–Kier alpha value is -6.50. The van der Waals surface area contributed by atoms with Crippen LogP contribution in [0.15, 0.2) is 182 Å². The average Bonchev–Trinajstić information content (AvgIpc) is 3.45. The van der Waals surface area contributed by atoms with Crippen molar-refractivity contribution < 1.29 is 0 Å². The first-order valence-electron chi connectivity index (χ1n) is 18.7. The van der Waals surface area contributed by atoms with Crippen LogP contribution in [0.3, 0.4) is 0 Å². The molecule has 0 aromatic heterocycles. The first kappa shape index (κ1) is 30.2. The highest BCUT2D eigenvalue weighted by Gasteiger charge is 2.36. The molecule has 1 aliphatic carbocycles. The predicted molar refractivity (Wildman–Crippen MR) is 228 cm³/mol. The SMILES string of the molecule is CC1(C)c2cc(-c3cccc(-c4c5ccccc5c(-c5cc6ccccc6c6ccccc56)c5ccccc45)c3)ccc2-c2c1ccc1ccccc21. The standard InChI is InChI=1S/C53H36/c1-53(2)48-29-27-33-14-3-6-19-39(33)52(48)46-28-26-35(32-49(46)53)34-16-13-17-37(30-34)50-42-22-9-11-24-44(42)51(45-25-12-10-23-43(45)50)47-31-36-15-4-5-18-38(36)40-20-7-8-21-41(40)47/h3-32H,1-2H3. The Morgan fingerprint density at radius 3 is 1.55 bits per heavy atom. The number of hydrogen-bond acceptors (Lipinski definition) is 0. The van der Waals surface area contributed by atoms with Crippen molar-refractivity contribution in [1.82, 2.24) is 0 Å². The second kappa shape index (κ2) is 11.2. The molecule has 10 aromatic rings. The Kier molecular flexibility index (Phi) is 6.40. The lowest BCUT2D eigenvalue weighted by Gasteiger charge is -2.22. The highest BCUT2D eigenvalue weighted by molar-refractivity contribution is 6.25. The molecule has 11 rings (SSSR count). The number of benzene rings is 10. The Morgan fingerprint density at radius 1 is 0.283 bits per heavy atom. The van der Waals surface area contributed by atoms with E-state index < -0.39 is 0 Å². The molecule has 0 saturated heterocycles. The fraction of sp³-hybridized carbons (Fsp3) is 0.0566. The van der Waals surface area contributed by atoms with Gasteiger partial charge >= 0.3 is 0 Å². The Morgan fingerprint density at radius 2 is 0.830 bits per heavy atom. The normalized spacial score (nSPS) is 13.2. The van der Waals surface area contributed by atoms with Crippen LogP contribution in [0, 0.1) is 0 Å². The van der Waals surface area contributed by atoms with Crippen LogP contribution >= 0.6 is 0 Å². The molecule has 53 heavy (non-hydrogen) atoms. The van der Waals surface area contributed by atoms with Gasteiger partial charge in [0.05, 0.1) is 0 Å². The molecule has 0 N–H and O–H groups in total. The molecule has 0 heterocycles. The van der Waals surface area contributed by atoms with Crippen LogP contribution < -0.4 is 0 Å². The predicted octanol–water partition coefficient (Wildman–Crippen LogP) is 14.8. The molecular formula is C53H36. The fourth-order valence-corrected chi connectivity index (χ4v) is 9.53. The summed E-state index contributed by atoms with van der Waals surface area (Å²) >= 11 is 0. The summed E-state index contributed by atoms with van der Waals surface area (Å²) in [6.07, 6.45) is 0. The Labute approximate surface area is 309 Å². The van der Waals surface area contributed by atoms with Gasteiger partial charge in [0.1, 0.15) is 0 Å². The molecule has 0 radical (unpaired) electrons. The van der Waals surface area contributed by atoms with Crippen LogP contribution in [0.5, 0.6) is 0 Å². The zero-order chi connectivity index (χ0) is 35.3. The van der Waals surface area contributed by atoms with Crippen LogP contribution in [0.25, 0.3) is 98.4 Å². The van der Waals surface area contributed by atoms with E-state index in [-0.39, 0.29) is 5.41 Å². The monoisotopic (exact) mass is 672 g/mol. The second-order valence-electron chi connectivity index (χ2n) is 15.2. The van der Waals surface area contributed by atoms with E-state index in [0.717, 1.165) is 0 Å². The lowest BCUT2D eigenvalue weighted by atomic mass is 9.81. The minimum absolute atomic E-state index is 0.0858. The number of rotatable bonds is 3. The topological polar surface area (TPSA) is 0 Å². The molecule has 0 nitrogen and oxygen atoms in total. The van der Waals surface area contributed by atoms with Gasteiger partial charge in [-0.3, -0.25) is 0 Å². The molecule has 248 valence electrons. The molecule has 0 spiro atoms. The first-order valence-corrected chi connectivity index (χ1v) is 18.7. The van der Waals surface area contributed by atoms with Crippen molar-refractivity contribution in [2.75, 3.05) is 0 Å². The van der Waals surface area contributed by atoms with Gasteiger partial charge in [-0.15, -0.1) is 0 Å². The van der Waals surface area contributed by atoms with Gasteiger partial charge in [0, 0.05) is 5.41 Å². The third-order valence-corrected chi connectivity index (χ3v) is 12.0. The Bertz CT molecular complexity index is 3080. The number of fused-ring (bicyclic) bond motifs is 10. The van der Waals surface area contributed by atoms with Crippen LogP contribution in [0.4, 0.5) is 0 Å². The molecule has 0 aliphatic heterocycles. The summed E-state index contributed by atoms with van der Waals surface area (Å²) in [4.78, 5) is 0. The summed E-state index contributed by atoms with van der Waals surface area (Å²) in [5.74, 6) is 0. The minimum Gasteiger partial charge on any atom is -0.0616 e. The second-order valence-corrected chi connectivity index (χ2v) is 15.2. The van der Waals surface area contributed by atoms with Gasteiger partial charge in [-0.05, 0) is 128 Å². The van der Waals surface area contributed by atoms with E-state index in [1.54, 1.807) is 0 Å². The summed E-state index contributed by atoms with van der Waals surface area (Å²) in [5.41, 5.74) is 13.1. The zero-order valence-corrected chi connectivity index (χ0v) is 29.8. The fourth-order valence-electron chi connectivity index (χ4n) is 9.53. The van der Waals surface area contributed by atoms with Crippen molar-refractivity contribution in [1.29, 1.82) is 0 Å². The van der Waals surface area contributed by atoms with Crippen molar-refractivity contribution in [3.63, 3.8) is 0 Å². The van der Waals surface area contributed by atoms with E-state index in [4.69, 9.17) is 0 Å². The average molecular weight is 673 g/mol. The molecule has 0 heteroatoms. The van der Waals surface area contributed by atoms with Crippen molar-refractivity contribution in [3.05, 3.63) is 193 Å². The quantitative estimate of drug-likeness (QED) is 0.129. The third kappa shape index (κ3) is 4.36. The van der Waals surface area contributed by atoms with Gasteiger partial charge in [0.2, 0.25) is 0 Å². The van der Waals surface area contributed by atoms with Crippen LogP contribution in [-0.4, -0.2) is 0 Å². The molecule has 0 saturated carbocycles. The summed E-state index contributed by atoms with van der Waals surface area (Å²) in [6, 6.07) is 67.9. The zero-order valence-electron chi connectivity index (χ0n) is 29.8. The largest absolute Gasteiger partial charge is 0.0616 e. The van der Waals surface area contributed by atoms with Crippen molar-refractivity contribution in [3.8, 4) is 44.5 Å². The van der Waals surface area contributed by atoms with E-state index in [1.807, 2.05) is 0 Å². The summed E-state index contributed by atoms with van der Waals surface area (Å²) in [5, 5.41) is 12.9. The lowest BCUT2D eigenvalue weighted by Crippen LogP contribution is -2.15. The van der Waals surface area contributed by atoms with Crippen molar-refractivity contribution in [2.24, 2.45) is 0 Å². The van der Waals surface area contributed by atoms with E-state index in [2.05, 4.69) is 196 Å². The third-order valence-electron chi connectivity index (χ3n) is 12.0. The first-order chi connectivity index (χ1) is 26.1. The highest BCUT2D eigenvalue weighted by atomic mass is 14.4. The van der Waals surface area contributed by atoms with Gasteiger partial charge in [-0.1, -0.05) is 178 Å². The van der Waals surface area contributed by atoms with Gasteiger partial charge in [-0.25, -0.2) is 0 Å². The lowest BCUT2D eigenvalue weighted by molar-refractivity contribution is 0.661. The van der Waals surface area contributed by atoms with Gasteiger partial charge in [-0.2, -0.15) is 0 Å². The summed E-state index contributed by atoms with van der Waals surface area (Å²) < 4.78 is 0. The molecule has 0 atom stereocenters. The van der Waals surface area contributed by atoms with E-state index in [9.17, 15) is 0 Å². The number of hydrogen-bond donors (Lipinski definition) is 0. The van der Waals surface area contributed by atoms with Gasteiger partial charge in [0.15, 0.2) is 0 Å². The van der Waals surface area contributed by atoms with E-state index in [0.29, 0.717) is 0 Å². The molecule has 10 aromatic carbocycles. The van der Waals surface area contributed by atoms with E-state index >= 15 is 0 Å². The van der Waals surface area contributed by atoms with Crippen molar-refractivity contribution >= 4 is 53.9 Å². The molecule has 1 aliphatic rings. The van der Waals surface area contributed by atoms with Crippen LogP contribution in [0.2, 0.25) is 0 Å². The van der Waals surface area contributed by atoms with Gasteiger partial charge < -0.3 is 0 Å². The van der Waals surface area contributed by atoms with E-state index in [1.165, 1.54) is 109 Å². The molecule has 0 amide bonds. The molecule has 0 unspecified atom stereocenters. The smallest absolute Gasteiger partial charge is 0.0159 e. The maximum atomic E-state index is 2.45. The molecule has 0 fully saturated rings. The summed E-state index contributed by atoms with van der Waals surface area (Å²) in [7, 11) is 0. The minimum atomic E-state index is -0.0858. The van der Waals surface area contributed by atoms with Crippen molar-refractivity contribution in [2.45, 2.75) is 19.3 Å². The highest BCUT2D eigenvalue weighted by Crippen LogP contribution is 2.52. The van der Waals surface area contributed by atoms with Crippen LogP contribution in [0.1, 0.15) is 25.0 Å². The summed E-state index contributed by atoms with van der Waals surface area (Å²) in [6.45, 7) is 4.76. The molecule has 0 bridgehead atoms. The Balaban J connectivity index is 1.12. The van der Waals surface area contributed by atoms with Crippen LogP contribution in [-0.2, 0) is 5.41 Å². The maximum absolute atomic E-state index is 2.45. The maximum Gasteiger partial charge on any atom is 0.0159 e.